The van der Waals surface area contributed by atoms with E-state index in [0.717, 1.165) is 5.56 Å². The lowest BCUT2D eigenvalue weighted by molar-refractivity contribution is 0.170. The normalized spacial score (nSPS) is 12.8. The van der Waals surface area contributed by atoms with Crippen LogP contribution in [0.15, 0.2) is 24.3 Å². The van der Waals surface area contributed by atoms with Crippen molar-refractivity contribution in [1.82, 2.24) is 0 Å². The summed E-state index contributed by atoms with van der Waals surface area (Å²) in [6.07, 6.45) is 0.0284. The van der Waals surface area contributed by atoms with Crippen molar-refractivity contribution < 1.29 is 10.2 Å². The zero-order valence-electron chi connectivity index (χ0n) is 6.77. The molecule has 0 aliphatic carbocycles. The second-order valence-electron chi connectivity index (χ2n) is 2.68. The van der Waals surface area contributed by atoms with Gasteiger partial charge in [0, 0.05) is 0 Å². The Morgan fingerprint density at radius 3 is 2.33 bits per heavy atom. The summed E-state index contributed by atoms with van der Waals surface area (Å²) in [5.41, 5.74) is 6.08. The molecular formula is C9H13NO2. The molecule has 1 unspecified atom stereocenters. The highest BCUT2D eigenvalue weighted by Crippen LogP contribution is 2.18. The first-order valence-corrected chi connectivity index (χ1v) is 3.91. The third-order valence-corrected chi connectivity index (χ3v) is 1.72. The van der Waals surface area contributed by atoms with Gasteiger partial charge in [-0.1, -0.05) is 12.1 Å². The zero-order valence-corrected chi connectivity index (χ0v) is 6.77. The van der Waals surface area contributed by atoms with Crippen molar-refractivity contribution in [2.45, 2.75) is 12.5 Å². The van der Waals surface area contributed by atoms with E-state index in [-0.39, 0.29) is 5.75 Å². The first-order chi connectivity index (χ1) is 5.74. The van der Waals surface area contributed by atoms with E-state index in [2.05, 4.69) is 0 Å². The van der Waals surface area contributed by atoms with Crippen LogP contribution in [0.1, 0.15) is 18.1 Å². The van der Waals surface area contributed by atoms with Crippen LogP contribution in [0, 0.1) is 0 Å². The average molecular weight is 167 g/mol. The number of nitrogens with two attached hydrogens (primary N) is 1. The molecule has 0 heterocycles. The Kier molecular flexibility index (Phi) is 3.08. The third-order valence-electron chi connectivity index (χ3n) is 1.72. The fourth-order valence-corrected chi connectivity index (χ4v) is 1.02. The van der Waals surface area contributed by atoms with E-state index < -0.39 is 6.10 Å². The van der Waals surface area contributed by atoms with E-state index in [9.17, 15) is 5.11 Å². The summed E-state index contributed by atoms with van der Waals surface area (Å²) in [5.74, 6) is 0.207. The highest BCUT2D eigenvalue weighted by Gasteiger charge is 2.04. The third kappa shape index (κ3) is 2.22. The van der Waals surface area contributed by atoms with Crippen molar-refractivity contribution in [3.63, 3.8) is 0 Å². The first-order valence-electron chi connectivity index (χ1n) is 3.91. The van der Waals surface area contributed by atoms with Crippen LogP contribution in [0.5, 0.6) is 5.75 Å². The molecule has 0 saturated heterocycles. The van der Waals surface area contributed by atoms with Gasteiger partial charge >= 0.3 is 0 Å². The summed E-state index contributed by atoms with van der Waals surface area (Å²) in [5, 5.41) is 18.4. The smallest absolute Gasteiger partial charge is 0.115 e. The van der Waals surface area contributed by atoms with Crippen molar-refractivity contribution in [1.29, 1.82) is 0 Å². The van der Waals surface area contributed by atoms with Crippen molar-refractivity contribution in [3.05, 3.63) is 29.8 Å². The van der Waals surface area contributed by atoms with Gasteiger partial charge in [0.05, 0.1) is 6.10 Å². The lowest BCUT2D eigenvalue weighted by Crippen LogP contribution is -2.06. The number of aromatic hydroxyl groups is 1. The molecule has 3 heteroatoms. The average Bonchev–Trinajstić information content (AvgIpc) is 2.06. The molecule has 0 bridgehead atoms. The Bertz CT molecular complexity index is 233. The molecule has 0 aromatic heterocycles. The second kappa shape index (κ2) is 4.09. The van der Waals surface area contributed by atoms with Crippen LogP contribution < -0.4 is 5.73 Å². The number of aliphatic hydroxyl groups excluding tert-OH is 1. The maximum atomic E-state index is 9.45. The van der Waals surface area contributed by atoms with Crippen LogP contribution in [-0.2, 0) is 0 Å². The van der Waals surface area contributed by atoms with Crippen molar-refractivity contribution in [2.75, 3.05) is 6.54 Å². The number of aliphatic hydroxyl groups is 1. The molecule has 0 aliphatic heterocycles. The summed E-state index contributed by atoms with van der Waals surface area (Å²) < 4.78 is 0. The van der Waals surface area contributed by atoms with Gasteiger partial charge in [-0.05, 0) is 30.7 Å². The Morgan fingerprint density at radius 2 is 1.83 bits per heavy atom. The maximum Gasteiger partial charge on any atom is 0.115 e. The van der Waals surface area contributed by atoms with Crippen LogP contribution in [0.4, 0.5) is 0 Å². The topological polar surface area (TPSA) is 66.5 Å². The van der Waals surface area contributed by atoms with Gasteiger partial charge in [-0.3, -0.25) is 0 Å². The summed E-state index contributed by atoms with van der Waals surface area (Å²) in [6.45, 7) is 0.460. The van der Waals surface area contributed by atoms with Gasteiger partial charge in [-0.2, -0.15) is 0 Å². The molecular weight excluding hydrogens is 154 g/mol. The molecule has 66 valence electrons. The van der Waals surface area contributed by atoms with E-state index in [1.807, 2.05) is 0 Å². The molecule has 0 radical (unpaired) electrons. The molecule has 0 aliphatic rings. The van der Waals surface area contributed by atoms with E-state index in [0.29, 0.717) is 13.0 Å². The maximum absolute atomic E-state index is 9.45. The van der Waals surface area contributed by atoms with Gasteiger partial charge < -0.3 is 15.9 Å². The molecule has 3 nitrogen and oxygen atoms in total. The van der Waals surface area contributed by atoms with Crippen LogP contribution >= 0.6 is 0 Å². The van der Waals surface area contributed by atoms with Crippen LogP contribution in [0.2, 0.25) is 0 Å². The summed E-state index contributed by atoms with van der Waals surface area (Å²) >= 11 is 0. The molecule has 1 aromatic rings. The van der Waals surface area contributed by atoms with Crippen molar-refractivity contribution >= 4 is 0 Å². The van der Waals surface area contributed by atoms with Crippen LogP contribution in [-0.4, -0.2) is 16.8 Å². The standard InChI is InChI=1S/C9H13NO2/c10-6-5-9(12)7-1-3-8(11)4-2-7/h1-4,9,11-12H,5-6,10H2. The molecule has 0 amide bonds. The fourth-order valence-electron chi connectivity index (χ4n) is 1.02. The zero-order chi connectivity index (χ0) is 8.97. The summed E-state index contributed by atoms with van der Waals surface area (Å²) in [6, 6.07) is 6.48. The minimum Gasteiger partial charge on any atom is -0.508 e. The number of rotatable bonds is 3. The highest BCUT2D eigenvalue weighted by atomic mass is 16.3. The van der Waals surface area contributed by atoms with E-state index >= 15 is 0 Å². The SMILES string of the molecule is NCCC(O)c1ccc(O)cc1. The molecule has 1 aromatic carbocycles. The van der Waals surface area contributed by atoms with Crippen molar-refractivity contribution in [3.8, 4) is 5.75 Å². The predicted octanol–water partition coefficient (Wildman–Crippen LogP) is 0.774. The molecule has 1 atom stereocenters. The minimum atomic E-state index is -0.518. The largest absolute Gasteiger partial charge is 0.508 e. The lowest BCUT2D eigenvalue weighted by Gasteiger charge is -2.08. The van der Waals surface area contributed by atoms with E-state index in [1.54, 1.807) is 24.3 Å². The molecule has 0 fully saturated rings. The minimum absolute atomic E-state index is 0.207. The molecule has 1 rings (SSSR count). The van der Waals surface area contributed by atoms with Crippen LogP contribution in [0.25, 0.3) is 0 Å². The fraction of sp³-hybridized carbons (Fsp3) is 0.333. The van der Waals surface area contributed by atoms with Crippen LogP contribution in [0.3, 0.4) is 0 Å². The monoisotopic (exact) mass is 167 g/mol. The first kappa shape index (κ1) is 9.03. The van der Waals surface area contributed by atoms with E-state index in [4.69, 9.17) is 10.8 Å². The number of benzene rings is 1. The Balaban J connectivity index is 2.68. The van der Waals surface area contributed by atoms with Gasteiger partial charge in [0.15, 0.2) is 0 Å². The molecule has 0 spiro atoms. The number of phenols is 1. The van der Waals surface area contributed by atoms with Gasteiger partial charge in [-0.25, -0.2) is 0 Å². The number of hydrogen-bond acceptors (Lipinski definition) is 3. The highest BCUT2D eigenvalue weighted by molar-refractivity contribution is 5.27. The van der Waals surface area contributed by atoms with Gasteiger partial charge in [0.25, 0.3) is 0 Å². The molecule has 4 N–H and O–H groups in total. The summed E-state index contributed by atoms with van der Waals surface area (Å²) in [7, 11) is 0. The Labute approximate surface area is 71.5 Å². The predicted molar refractivity (Wildman–Crippen MR) is 46.7 cm³/mol. The molecule has 12 heavy (non-hydrogen) atoms. The lowest BCUT2D eigenvalue weighted by atomic mass is 10.1. The van der Waals surface area contributed by atoms with Gasteiger partial charge in [-0.15, -0.1) is 0 Å². The quantitative estimate of drug-likeness (QED) is 0.623. The number of phenolic OH excluding ortho intramolecular Hbond substituents is 1. The van der Waals surface area contributed by atoms with Gasteiger partial charge in [0.1, 0.15) is 5.75 Å². The van der Waals surface area contributed by atoms with E-state index in [1.165, 1.54) is 0 Å². The summed E-state index contributed by atoms with van der Waals surface area (Å²) in [4.78, 5) is 0. The van der Waals surface area contributed by atoms with Gasteiger partial charge in [0.2, 0.25) is 0 Å². The Hall–Kier alpha value is -1.06. The molecule has 0 saturated carbocycles. The second-order valence-corrected chi connectivity index (χ2v) is 2.68. The number of hydrogen-bond donors (Lipinski definition) is 3. The Morgan fingerprint density at radius 1 is 1.25 bits per heavy atom. The van der Waals surface area contributed by atoms with Crippen molar-refractivity contribution in [2.24, 2.45) is 5.73 Å².